The Kier molecular flexibility index (Phi) is 9.29. The summed E-state index contributed by atoms with van der Waals surface area (Å²) in [5.74, 6) is -0.641. The van der Waals surface area contributed by atoms with E-state index in [9.17, 15) is 9.59 Å². The van der Waals surface area contributed by atoms with Crippen LogP contribution in [-0.4, -0.2) is 45.3 Å². The summed E-state index contributed by atoms with van der Waals surface area (Å²) in [7, 11) is 1.96. The summed E-state index contributed by atoms with van der Waals surface area (Å²) in [6, 6.07) is 17.8. The topological polar surface area (TPSA) is 57.0 Å². The third-order valence-corrected chi connectivity index (χ3v) is 3.54. The molecule has 0 saturated carbocycles. The van der Waals surface area contributed by atoms with Crippen molar-refractivity contribution < 1.29 is 36.4 Å². The largest absolute Gasteiger partial charge is 1.00 e. The first-order chi connectivity index (χ1) is 11.7. The van der Waals surface area contributed by atoms with Crippen molar-refractivity contribution in [2.75, 3.05) is 33.4 Å². The highest BCUT2D eigenvalue weighted by Crippen LogP contribution is 2.01. The first-order valence-electron chi connectivity index (χ1n) is 7.92. The van der Waals surface area contributed by atoms with Gasteiger partial charge in [-0.3, -0.25) is 0 Å². The lowest BCUT2D eigenvalue weighted by molar-refractivity contribution is -0.879. The fraction of sp³-hybridized carbons (Fsp3) is 0.263. The molecule has 2 rings (SSSR count). The van der Waals surface area contributed by atoms with Gasteiger partial charge in [0.05, 0.1) is 18.2 Å². The summed E-state index contributed by atoms with van der Waals surface area (Å²) in [6.45, 7) is 1.96. The fourth-order valence-corrected chi connectivity index (χ4v) is 2.08. The lowest BCUT2D eigenvalue weighted by Crippen LogP contribution is -3.10. The van der Waals surface area contributed by atoms with Crippen LogP contribution in [0.2, 0.25) is 0 Å². The van der Waals surface area contributed by atoms with Gasteiger partial charge in [-0.2, -0.15) is 0 Å². The van der Waals surface area contributed by atoms with Gasteiger partial charge in [0.15, 0.2) is 0 Å². The number of carbonyl (C=O) groups is 2. The average Bonchev–Trinajstić information content (AvgIpc) is 2.63. The number of quaternary nitrogens is 1. The standard InChI is InChI=1S/C19H21NO4.ClH/c1-20(12-14-23-18(21)16-8-4-2-5-9-16)13-15-24-19(22)17-10-6-3-7-11-17;/h2-11H,12-15H2,1H3;1H. The number of likely N-dealkylation sites (N-methyl/N-ethyl adjacent to an activating group) is 1. The highest BCUT2D eigenvalue weighted by molar-refractivity contribution is 5.89. The minimum atomic E-state index is -0.320. The number of hydrogen-bond acceptors (Lipinski definition) is 4. The molecule has 0 radical (unpaired) electrons. The summed E-state index contributed by atoms with van der Waals surface area (Å²) < 4.78 is 10.5. The molecule has 0 aliphatic carbocycles. The minimum Gasteiger partial charge on any atom is -1.00 e. The molecule has 0 unspecified atom stereocenters. The molecule has 2 aromatic rings. The Labute approximate surface area is 154 Å². The maximum Gasteiger partial charge on any atom is 0.338 e. The van der Waals surface area contributed by atoms with Crippen molar-refractivity contribution in [3.8, 4) is 0 Å². The Bertz CT molecular complexity index is 591. The van der Waals surface area contributed by atoms with Gasteiger partial charge >= 0.3 is 11.9 Å². The number of halogens is 1. The van der Waals surface area contributed by atoms with Crippen LogP contribution in [0.1, 0.15) is 20.7 Å². The molecule has 0 saturated heterocycles. The van der Waals surface area contributed by atoms with E-state index in [-0.39, 0.29) is 24.3 Å². The van der Waals surface area contributed by atoms with Crippen LogP contribution in [0, 0.1) is 0 Å². The number of carbonyl (C=O) groups excluding carboxylic acids is 2. The minimum absolute atomic E-state index is 0. The molecule has 134 valence electrons. The van der Waals surface area contributed by atoms with E-state index in [0.717, 1.165) is 4.90 Å². The fourth-order valence-electron chi connectivity index (χ4n) is 2.08. The predicted octanol–water partition coefficient (Wildman–Crippen LogP) is -1.78. The van der Waals surface area contributed by atoms with Gasteiger partial charge in [0.2, 0.25) is 0 Å². The van der Waals surface area contributed by atoms with Gasteiger partial charge in [-0.05, 0) is 24.3 Å². The van der Waals surface area contributed by atoms with Crippen molar-refractivity contribution in [3.63, 3.8) is 0 Å². The van der Waals surface area contributed by atoms with Gasteiger partial charge in [0.1, 0.15) is 26.3 Å². The van der Waals surface area contributed by atoms with Gasteiger partial charge in [0.25, 0.3) is 0 Å². The van der Waals surface area contributed by atoms with Crippen LogP contribution < -0.4 is 17.3 Å². The molecule has 0 bridgehead atoms. The summed E-state index contributed by atoms with van der Waals surface area (Å²) in [5, 5.41) is 0. The highest BCUT2D eigenvalue weighted by atomic mass is 35.5. The number of benzene rings is 2. The molecule has 0 fully saturated rings. The normalized spacial score (nSPS) is 10.0. The molecule has 0 spiro atoms. The van der Waals surface area contributed by atoms with E-state index in [1.165, 1.54) is 0 Å². The van der Waals surface area contributed by atoms with E-state index in [2.05, 4.69) is 0 Å². The van der Waals surface area contributed by atoms with Crippen molar-refractivity contribution in [2.24, 2.45) is 0 Å². The summed E-state index contributed by atoms with van der Waals surface area (Å²) >= 11 is 0. The first-order valence-corrected chi connectivity index (χ1v) is 7.92. The monoisotopic (exact) mass is 363 g/mol. The summed E-state index contributed by atoms with van der Waals surface area (Å²) in [4.78, 5) is 24.7. The number of rotatable bonds is 8. The molecule has 25 heavy (non-hydrogen) atoms. The van der Waals surface area contributed by atoms with Crippen molar-refractivity contribution in [3.05, 3.63) is 71.8 Å². The predicted molar refractivity (Wildman–Crippen MR) is 90.1 cm³/mol. The average molecular weight is 364 g/mol. The van der Waals surface area contributed by atoms with E-state index in [1.807, 2.05) is 19.2 Å². The molecule has 2 aromatic carbocycles. The molecule has 0 heterocycles. The number of nitrogens with one attached hydrogen (secondary N) is 1. The maximum atomic E-state index is 11.8. The molecule has 0 amide bonds. The quantitative estimate of drug-likeness (QED) is 0.563. The Balaban J connectivity index is 0.00000312. The zero-order valence-electron chi connectivity index (χ0n) is 14.1. The lowest BCUT2D eigenvalue weighted by Gasteiger charge is -2.14. The molecule has 6 heteroatoms. The van der Waals surface area contributed by atoms with Crippen molar-refractivity contribution >= 4 is 11.9 Å². The van der Waals surface area contributed by atoms with Crippen LogP contribution in [0.5, 0.6) is 0 Å². The van der Waals surface area contributed by atoms with Crippen molar-refractivity contribution in [1.82, 2.24) is 0 Å². The van der Waals surface area contributed by atoms with Crippen LogP contribution in [0.3, 0.4) is 0 Å². The molecular weight excluding hydrogens is 342 g/mol. The molecule has 0 atom stereocenters. The molecule has 0 aliphatic rings. The second kappa shape index (κ2) is 11.2. The second-order valence-corrected chi connectivity index (χ2v) is 5.46. The SMILES string of the molecule is C[NH+](CCOC(=O)c1ccccc1)CCOC(=O)c1ccccc1.[Cl-]. The van der Waals surface area contributed by atoms with E-state index in [0.29, 0.717) is 37.4 Å². The zero-order chi connectivity index (χ0) is 17.2. The van der Waals surface area contributed by atoms with Gasteiger partial charge < -0.3 is 26.8 Å². The highest BCUT2D eigenvalue weighted by Gasteiger charge is 2.10. The Hall–Kier alpha value is -2.37. The molecule has 0 aromatic heterocycles. The first kappa shape index (κ1) is 20.7. The van der Waals surface area contributed by atoms with E-state index in [4.69, 9.17) is 9.47 Å². The van der Waals surface area contributed by atoms with Crippen molar-refractivity contribution in [1.29, 1.82) is 0 Å². The maximum absolute atomic E-state index is 11.8. The Morgan fingerprint density at radius 2 is 1.12 bits per heavy atom. The number of ether oxygens (including phenoxy) is 2. The van der Waals surface area contributed by atoms with Crippen LogP contribution in [-0.2, 0) is 9.47 Å². The molecule has 0 aliphatic heterocycles. The van der Waals surface area contributed by atoms with E-state index < -0.39 is 0 Å². The second-order valence-electron chi connectivity index (χ2n) is 5.46. The van der Waals surface area contributed by atoms with Crippen LogP contribution >= 0.6 is 0 Å². The summed E-state index contributed by atoms with van der Waals surface area (Å²) in [5.41, 5.74) is 1.10. The van der Waals surface area contributed by atoms with E-state index >= 15 is 0 Å². The van der Waals surface area contributed by atoms with Crippen LogP contribution in [0.25, 0.3) is 0 Å². The number of esters is 2. The summed E-state index contributed by atoms with van der Waals surface area (Å²) in [6.07, 6.45) is 0. The smallest absolute Gasteiger partial charge is 0.338 e. The molecular formula is C19H22ClNO4. The van der Waals surface area contributed by atoms with Gasteiger partial charge in [-0.25, -0.2) is 9.59 Å². The Morgan fingerprint density at radius 3 is 1.48 bits per heavy atom. The van der Waals surface area contributed by atoms with Crippen LogP contribution in [0.15, 0.2) is 60.7 Å². The van der Waals surface area contributed by atoms with Crippen LogP contribution in [0.4, 0.5) is 0 Å². The Morgan fingerprint density at radius 1 is 0.760 bits per heavy atom. The third-order valence-electron chi connectivity index (χ3n) is 3.54. The number of hydrogen-bond donors (Lipinski definition) is 1. The van der Waals surface area contributed by atoms with E-state index in [1.54, 1.807) is 48.5 Å². The van der Waals surface area contributed by atoms with Gasteiger partial charge in [0, 0.05) is 0 Å². The lowest BCUT2D eigenvalue weighted by atomic mass is 10.2. The zero-order valence-corrected chi connectivity index (χ0v) is 14.9. The van der Waals surface area contributed by atoms with Gasteiger partial charge in [-0.1, -0.05) is 36.4 Å². The van der Waals surface area contributed by atoms with Crippen molar-refractivity contribution in [2.45, 2.75) is 0 Å². The molecule has 5 nitrogen and oxygen atoms in total. The third kappa shape index (κ3) is 7.37. The molecule has 1 N–H and O–H groups in total. The van der Waals surface area contributed by atoms with Gasteiger partial charge in [-0.15, -0.1) is 0 Å².